The Morgan fingerprint density at radius 1 is 0.846 bits per heavy atom. The van der Waals surface area contributed by atoms with Crippen LogP contribution >= 0.6 is 0 Å². The van der Waals surface area contributed by atoms with Crippen molar-refractivity contribution in [3.8, 4) is 23.0 Å². The largest absolute Gasteiger partial charge is 0.496 e. The molecule has 0 bridgehead atoms. The molecule has 2 fully saturated rings. The van der Waals surface area contributed by atoms with Crippen molar-refractivity contribution in [2.75, 3.05) is 70.8 Å². The van der Waals surface area contributed by atoms with Crippen LogP contribution in [0, 0.1) is 0 Å². The van der Waals surface area contributed by atoms with Crippen LogP contribution in [0.3, 0.4) is 0 Å². The van der Waals surface area contributed by atoms with E-state index in [9.17, 15) is 0 Å². The number of rotatable bonds is 10. The van der Waals surface area contributed by atoms with Crippen LogP contribution in [0.25, 0.3) is 0 Å². The summed E-state index contributed by atoms with van der Waals surface area (Å²) in [6.07, 6.45) is 5.86. The molecule has 0 spiro atoms. The molecule has 2 aliphatic rings. The molecule has 0 saturated carbocycles. The summed E-state index contributed by atoms with van der Waals surface area (Å²) in [7, 11) is 4.94. The van der Waals surface area contributed by atoms with Gasteiger partial charge in [0.05, 0.1) is 27.0 Å². The fourth-order valence-corrected chi connectivity index (χ4v) is 5.19. The van der Waals surface area contributed by atoms with E-state index in [2.05, 4.69) is 42.5 Å². The maximum Gasteiger partial charge on any atom is 0.227 e. The van der Waals surface area contributed by atoms with Gasteiger partial charge in [-0.25, -0.2) is 9.97 Å². The first kappa shape index (κ1) is 26.8. The summed E-state index contributed by atoms with van der Waals surface area (Å²) in [4.78, 5) is 14.0. The van der Waals surface area contributed by atoms with Crippen molar-refractivity contribution in [2.45, 2.75) is 25.5 Å². The standard InChI is InChI=1S/C29H38N6O4/c1-36-24-15-25(37-2)17-26(16-24)39-20-21-18-31-29(32-19-21)33-22-4-5-27(28(14-22)38-3)35-10-6-23(7-11-35)34-12-8-30-9-13-34/h4-5,14-19,23,30H,6-13,20H2,1-3H3,(H,31,32,33). The minimum Gasteiger partial charge on any atom is -0.496 e. The summed E-state index contributed by atoms with van der Waals surface area (Å²) in [6, 6.07) is 12.3. The summed E-state index contributed by atoms with van der Waals surface area (Å²) in [5, 5.41) is 6.73. The molecule has 2 aromatic carbocycles. The molecule has 208 valence electrons. The monoisotopic (exact) mass is 534 g/mol. The van der Waals surface area contributed by atoms with E-state index in [1.54, 1.807) is 39.8 Å². The number of nitrogens with zero attached hydrogens (tertiary/aromatic N) is 4. The highest BCUT2D eigenvalue weighted by Crippen LogP contribution is 2.34. The maximum absolute atomic E-state index is 5.89. The number of methoxy groups -OCH3 is 3. The maximum atomic E-state index is 5.89. The van der Waals surface area contributed by atoms with Gasteiger partial charge in [0.2, 0.25) is 5.95 Å². The SMILES string of the molecule is COc1cc(OC)cc(OCc2cnc(Nc3ccc(N4CCC(N5CCNCC5)CC4)c(OC)c3)nc2)c1. The van der Waals surface area contributed by atoms with Crippen molar-refractivity contribution >= 4 is 17.3 Å². The van der Waals surface area contributed by atoms with Gasteiger partial charge in [-0.3, -0.25) is 4.90 Å². The Morgan fingerprint density at radius 2 is 1.51 bits per heavy atom. The average molecular weight is 535 g/mol. The van der Waals surface area contributed by atoms with E-state index in [0.717, 1.165) is 62.0 Å². The fraction of sp³-hybridized carbons (Fsp3) is 0.448. The van der Waals surface area contributed by atoms with Crippen LogP contribution < -0.4 is 34.5 Å². The quantitative estimate of drug-likeness (QED) is 0.401. The average Bonchev–Trinajstić information content (AvgIpc) is 3.01. The molecule has 0 atom stereocenters. The van der Waals surface area contributed by atoms with Crippen molar-refractivity contribution in [2.24, 2.45) is 0 Å². The van der Waals surface area contributed by atoms with E-state index in [-0.39, 0.29) is 0 Å². The normalized spacial score (nSPS) is 16.5. The van der Waals surface area contributed by atoms with Gasteiger partial charge in [-0.05, 0) is 25.0 Å². The van der Waals surface area contributed by atoms with Crippen molar-refractivity contribution in [3.63, 3.8) is 0 Å². The molecule has 0 radical (unpaired) electrons. The van der Waals surface area contributed by atoms with E-state index >= 15 is 0 Å². The van der Waals surface area contributed by atoms with Crippen molar-refractivity contribution < 1.29 is 18.9 Å². The smallest absolute Gasteiger partial charge is 0.227 e. The molecular formula is C29H38N6O4. The van der Waals surface area contributed by atoms with Crippen LogP contribution in [-0.2, 0) is 6.61 Å². The lowest BCUT2D eigenvalue weighted by molar-refractivity contribution is 0.150. The molecule has 1 aromatic heterocycles. The van der Waals surface area contributed by atoms with Gasteiger partial charge in [-0.15, -0.1) is 0 Å². The zero-order chi connectivity index (χ0) is 27.0. The molecule has 39 heavy (non-hydrogen) atoms. The Bertz CT molecular complexity index is 1190. The number of hydrogen-bond acceptors (Lipinski definition) is 10. The highest BCUT2D eigenvalue weighted by molar-refractivity contribution is 5.67. The molecule has 0 amide bonds. The number of aromatic nitrogens is 2. The van der Waals surface area contributed by atoms with E-state index < -0.39 is 0 Å². The van der Waals surface area contributed by atoms with Crippen LogP contribution in [0.2, 0.25) is 0 Å². The predicted molar refractivity (Wildman–Crippen MR) is 152 cm³/mol. The van der Waals surface area contributed by atoms with Crippen LogP contribution in [0.5, 0.6) is 23.0 Å². The third-order valence-corrected chi connectivity index (χ3v) is 7.34. The molecule has 2 aliphatic heterocycles. The Balaban J connectivity index is 1.16. The molecule has 3 heterocycles. The summed E-state index contributed by atoms with van der Waals surface area (Å²) in [5.41, 5.74) is 2.85. The molecule has 10 heteroatoms. The predicted octanol–water partition coefficient (Wildman–Crippen LogP) is 3.70. The summed E-state index contributed by atoms with van der Waals surface area (Å²) >= 11 is 0. The Labute approximate surface area is 230 Å². The molecule has 3 aromatic rings. The highest BCUT2D eigenvalue weighted by Gasteiger charge is 2.26. The van der Waals surface area contributed by atoms with Crippen LogP contribution in [0.1, 0.15) is 18.4 Å². The Kier molecular flexibility index (Phi) is 8.85. The molecule has 0 unspecified atom stereocenters. The summed E-state index contributed by atoms with van der Waals surface area (Å²) < 4.78 is 22.3. The van der Waals surface area contributed by atoms with Gasteiger partial charge in [0.15, 0.2) is 0 Å². The molecule has 2 N–H and O–H groups in total. The van der Waals surface area contributed by atoms with E-state index in [1.807, 2.05) is 18.2 Å². The number of hydrogen-bond donors (Lipinski definition) is 2. The highest BCUT2D eigenvalue weighted by atomic mass is 16.5. The van der Waals surface area contributed by atoms with Gasteiger partial charge in [0.1, 0.15) is 29.6 Å². The number of nitrogens with one attached hydrogen (secondary N) is 2. The minimum atomic E-state index is 0.324. The third-order valence-electron chi connectivity index (χ3n) is 7.34. The minimum absolute atomic E-state index is 0.324. The van der Waals surface area contributed by atoms with Gasteiger partial charge in [0.25, 0.3) is 0 Å². The molecule has 10 nitrogen and oxygen atoms in total. The summed E-state index contributed by atoms with van der Waals surface area (Å²) in [5.74, 6) is 3.34. The van der Waals surface area contributed by atoms with Crippen molar-refractivity contribution in [1.82, 2.24) is 20.2 Å². The molecule has 2 saturated heterocycles. The zero-order valence-corrected chi connectivity index (χ0v) is 23.0. The number of anilines is 3. The Hall–Kier alpha value is -3.76. The first-order valence-corrected chi connectivity index (χ1v) is 13.5. The number of ether oxygens (including phenoxy) is 4. The topological polar surface area (TPSA) is 93.2 Å². The van der Waals surface area contributed by atoms with Gasteiger partial charge in [-0.1, -0.05) is 0 Å². The van der Waals surface area contributed by atoms with Crippen LogP contribution in [0.15, 0.2) is 48.8 Å². The van der Waals surface area contributed by atoms with Crippen molar-refractivity contribution in [3.05, 3.63) is 54.4 Å². The Morgan fingerprint density at radius 3 is 2.15 bits per heavy atom. The van der Waals surface area contributed by atoms with Crippen LogP contribution in [-0.4, -0.2) is 81.5 Å². The third kappa shape index (κ3) is 6.82. The second-order valence-corrected chi connectivity index (χ2v) is 9.77. The van der Waals surface area contributed by atoms with Gasteiger partial charge in [0, 0.05) is 93.2 Å². The molecule has 0 aliphatic carbocycles. The van der Waals surface area contributed by atoms with E-state index in [1.165, 1.54) is 12.8 Å². The van der Waals surface area contributed by atoms with Gasteiger partial charge < -0.3 is 34.5 Å². The number of benzene rings is 2. The number of piperazine rings is 1. The summed E-state index contributed by atoms with van der Waals surface area (Å²) in [6.45, 7) is 6.90. The first-order chi connectivity index (χ1) is 19.1. The van der Waals surface area contributed by atoms with Gasteiger partial charge in [-0.2, -0.15) is 0 Å². The van der Waals surface area contributed by atoms with Crippen molar-refractivity contribution in [1.29, 1.82) is 0 Å². The second kappa shape index (κ2) is 12.9. The molecule has 5 rings (SSSR count). The lowest BCUT2D eigenvalue weighted by atomic mass is 10.0. The van der Waals surface area contributed by atoms with E-state index in [4.69, 9.17) is 18.9 Å². The van der Waals surface area contributed by atoms with Gasteiger partial charge >= 0.3 is 0 Å². The lowest BCUT2D eigenvalue weighted by Crippen LogP contribution is -2.52. The lowest BCUT2D eigenvalue weighted by Gasteiger charge is -2.41. The second-order valence-electron chi connectivity index (χ2n) is 9.77. The number of piperidine rings is 1. The molecular weight excluding hydrogens is 496 g/mol. The fourth-order valence-electron chi connectivity index (χ4n) is 5.19. The van der Waals surface area contributed by atoms with E-state index in [0.29, 0.717) is 35.8 Å². The van der Waals surface area contributed by atoms with Crippen LogP contribution in [0.4, 0.5) is 17.3 Å². The first-order valence-electron chi connectivity index (χ1n) is 13.5. The zero-order valence-electron chi connectivity index (χ0n) is 23.0.